The molecule has 0 saturated heterocycles. The second-order valence-electron chi connectivity index (χ2n) is 7.78. The van der Waals surface area contributed by atoms with E-state index in [2.05, 4.69) is 10.3 Å². The van der Waals surface area contributed by atoms with Crippen molar-refractivity contribution in [1.29, 1.82) is 0 Å². The Morgan fingerprint density at radius 3 is 2.71 bits per heavy atom. The maximum atomic E-state index is 13.1. The molecule has 2 aromatic heterocycles. The van der Waals surface area contributed by atoms with Gasteiger partial charge in [0.2, 0.25) is 0 Å². The molecule has 0 bridgehead atoms. The predicted octanol–water partition coefficient (Wildman–Crippen LogP) is 2.10. The number of pyridine rings is 1. The molecule has 0 radical (unpaired) electrons. The quantitative estimate of drug-likeness (QED) is 0.553. The van der Waals surface area contributed by atoms with Crippen molar-refractivity contribution in [2.24, 2.45) is 0 Å². The van der Waals surface area contributed by atoms with Gasteiger partial charge < -0.3 is 24.3 Å². The van der Waals surface area contributed by atoms with Gasteiger partial charge >= 0.3 is 0 Å². The maximum Gasteiger partial charge on any atom is 0.263 e. The molecule has 1 unspecified atom stereocenters. The lowest BCUT2D eigenvalue weighted by molar-refractivity contribution is -0.137. The zero-order valence-electron chi connectivity index (χ0n) is 19.0. The van der Waals surface area contributed by atoms with Crippen molar-refractivity contribution in [3.05, 3.63) is 74.6 Å². The standard InChI is InChI=1S/C24H26N4O5S/c1-16(33-17-6-4-3-5-7-17)24(31)27-10-8-18-22(23(30)26-15-20-25-9-13-34-20)19(32-2)14-21(29)28(18)12-11-27/h3-7,9,13-14,16H,8,10-12,15H2,1-2H3,(H,26,30). The van der Waals surface area contributed by atoms with Crippen molar-refractivity contribution in [2.45, 2.75) is 32.5 Å². The topological polar surface area (TPSA) is 103 Å². The number of nitrogens with zero attached hydrogens (tertiary/aromatic N) is 3. The van der Waals surface area contributed by atoms with Gasteiger partial charge in [-0.25, -0.2) is 4.98 Å². The number of thiazole rings is 1. The summed E-state index contributed by atoms with van der Waals surface area (Å²) in [7, 11) is 1.43. The van der Waals surface area contributed by atoms with Crippen molar-refractivity contribution in [1.82, 2.24) is 19.8 Å². The number of nitrogens with one attached hydrogen (secondary N) is 1. The third kappa shape index (κ3) is 5.12. The summed E-state index contributed by atoms with van der Waals surface area (Å²) in [5.74, 6) is 0.304. The molecule has 4 rings (SSSR count). The van der Waals surface area contributed by atoms with E-state index in [9.17, 15) is 14.4 Å². The van der Waals surface area contributed by atoms with Crippen LogP contribution in [0.4, 0.5) is 0 Å². The molecule has 1 aliphatic rings. The van der Waals surface area contributed by atoms with E-state index in [0.717, 1.165) is 5.01 Å². The maximum absolute atomic E-state index is 13.1. The average molecular weight is 483 g/mol. The highest BCUT2D eigenvalue weighted by Gasteiger charge is 2.28. The number of aromatic nitrogens is 2. The molecule has 0 spiro atoms. The van der Waals surface area contributed by atoms with Crippen molar-refractivity contribution in [3.63, 3.8) is 0 Å². The number of fused-ring (bicyclic) bond motifs is 1. The van der Waals surface area contributed by atoms with Gasteiger partial charge in [-0.3, -0.25) is 14.4 Å². The van der Waals surface area contributed by atoms with E-state index in [4.69, 9.17) is 9.47 Å². The van der Waals surface area contributed by atoms with E-state index in [0.29, 0.717) is 36.5 Å². The molecule has 9 nitrogen and oxygen atoms in total. The number of hydrogen-bond donors (Lipinski definition) is 1. The van der Waals surface area contributed by atoms with Crippen LogP contribution in [0.15, 0.2) is 52.8 Å². The number of rotatable bonds is 7. The van der Waals surface area contributed by atoms with Crippen LogP contribution in [-0.4, -0.2) is 52.6 Å². The lowest BCUT2D eigenvalue weighted by Crippen LogP contribution is -2.42. The fourth-order valence-electron chi connectivity index (χ4n) is 3.97. The van der Waals surface area contributed by atoms with Crippen LogP contribution in [0.1, 0.15) is 28.0 Å². The van der Waals surface area contributed by atoms with Gasteiger partial charge in [-0.05, 0) is 19.1 Å². The molecule has 178 valence electrons. The molecule has 1 aromatic carbocycles. The summed E-state index contributed by atoms with van der Waals surface area (Å²) in [5.41, 5.74) is 0.584. The van der Waals surface area contributed by atoms with E-state index in [1.165, 1.54) is 24.5 Å². The normalized spacial score (nSPS) is 14.0. The molecule has 0 saturated carbocycles. The van der Waals surface area contributed by atoms with Crippen molar-refractivity contribution < 1.29 is 19.1 Å². The van der Waals surface area contributed by atoms with Gasteiger partial charge in [0.05, 0.1) is 13.7 Å². The van der Waals surface area contributed by atoms with Crippen molar-refractivity contribution >= 4 is 23.2 Å². The SMILES string of the molecule is COc1cc(=O)n2c(c1C(=O)NCc1nccs1)CCN(C(=O)C(C)Oc1ccccc1)CC2. The first-order valence-corrected chi connectivity index (χ1v) is 11.8. The number of hydrogen-bond acceptors (Lipinski definition) is 7. The minimum absolute atomic E-state index is 0.175. The van der Waals surface area contributed by atoms with E-state index in [-0.39, 0.29) is 36.2 Å². The number of amides is 2. The number of ether oxygens (including phenoxy) is 2. The lowest BCUT2D eigenvalue weighted by atomic mass is 10.1. The Morgan fingerprint density at radius 2 is 2.00 bits per heavy atom. The molecular weight excluding hydrogens is 456 g/mol. The summed E-state index contributed by atoms with van der Waals surface area (Å²) in [6, 6.07) is 10.5. The van der Waals surface area contributed by atoms with Crippen LogP contribution >= 0.6 is 11.3 Å². The minimum atomic E-state index is -0.684. The number of carbonyl (C=O) groups is 2. The Bertz CT molecular complexity index is 1210. The first-order chi connectivity index (χ1) is 16.5. The summed E-state index contributed by atoms with van der Waals surface area (Å²) >= 11 is 1.44. The van der Waals surface area contributed by atoms with Crippen molar-refractivity contribution in [3.8, 4) is 11.5 Å². The fourth-order valence-corrected chi connectivity index (χ4v) is 4.53. The third-order valence-corrected chi connectivity index (χ3v) is 6.42. The van der Waals surface area contributed by atoms with Gasteiger partial charge in [-0.2, -0.15) is 0 Å². The molecule has 34 heavy (non-hydrogen) atoms. The molecule has 0 aliphatic carbocycles. The predicted molar refractivity (Wildman–Crippen MR) is 127 cm³/mol. The first-order valence-electron chi connectivity index (χ1n) is 11.0. The van der Waals surface area contributed by atoms with Crippen LogP contribution in [0.5, 0.6) is 11.5 Å². The second kappa shape index (κ2) is 10.5. The summed E-state index contributed by atoms with van der Waals surface area (Å²) in [4.78, 5) is 44.8. The molecule has 1 N–H and O–H groups in total. The van der Waals surface area contributed by atoms with Crippen LogP contribution in [0.2, 0.25) is 0 Å². The minimum Gasteiger partial charge on any atom is -0.496 e. The number of carbonyl (C=O) groups excluding carboxylic acids is 2. The van der Waals surface area contributed by atoms with Gasteiger partial charge in [-0.15, -0.1) is 11.3 Å². The smallest absolute Gasteiger partial charge is 0.263 e. The molecular formula is C24H26N4O5S. The summed E-state index contributed by atoms with van der Waals surface area (Å²) in [6.45, 7) is 2.94. The van der Waals surface area contributed by atoms with E-state index < -0.39 is 6.10 Å². The highest BCUT2D eigenvalue weighted by Crippen LogP contribution is 2.23. The monoisotopic (exact) mass is 482 g/mol. The zero-order valence-corrected chi connectivity index (χ0v) is 19.8. The first kappa shape index (κ1) is 23.5. The highest BCUT2D eigenvalue weighted by atomic mass is 32.1. The third-order valence-electron chi connectivity index (χ3n) is 5.64. The lowest BCUT2D eigenvalue weighted by Gasteiger charge is -2.24. The molecule has 1 aliphatic heterocycles. The molecule has 3 heterocycles. The van der Waals surface area contributed by atoms with Crippen LogP contribution in [0.3, 0.4) is 0 Å². The zero-order chi connectivity index (χ0) is 24.1. The summed E-state index contributed by atoms with van der Waals surface area (Å²) < 4.78 is 12.7. The molecule has 10 heteroatoms. The van der Waals surface area contributed by atoms with Crippen LogP contribution in [0.25, 0.3) is 0 Å². The van der Waals surface area contributed by atoms with E-state index in [1.807, 2.05) is 23.6 Å². The fraction of sp³-hybridized carbons (Fsp3) is 0.333. The Kier molecular flexibility index (Phi) is 7.27. The Balaban J connectivity index is 1.53. The average Bonchev–Trinajstić information content (AvgIpc) is 3.27. The molecule has 0 fully saturated rings. The second-order valence-corrected chi connectivity index (χ2v) is 8.76. The van der Waals surface area contributed by atoms with Crippen molar-refractivity contribution in [2.75, 3.05) is 20.2 Å². The Morgan fingerprint density at radius 1 is 1.21 bits per heavy atom. The van der Waals surface area contributed by atoms with Gasteiger partial charge in [0.15, 0.2) is 6.10 Å². The van der Waals surface area contributed by atoms with Crippen LogP contribution in [0, 0.1) is 0 Å². The van der Waals surface area contributed by atoms with E-state index >= 15 is 0 Å². The highest BCUT2D eigenvalue weighted by molar-refractivity contribution is 7.09. The number of methoxy groups -OCH3 is 1. The number of benzene rings is 1. The van der Waals surface area contributed by atoms with Gasteiger partial charge in [0.1, 0.15) is 22.1 Å². The van der Waals surface area contributed by atoms with Gasteiger partial charge in [-0.1, -0.05) is 18.2 Å². The summed E-state index contributed by atoms with van der Waals surface area (Å²) in [5, 5.41) is 5.47. The van der Waals surface area contributed by atoms with Crippen LogP contribution in [-0.2, 0) is 24.3 Å². The summed E-state index contributed by atoms with van der Waals surface area (Å²) in [6.07, 6.45) is 1.32. The molecule has 2 amide bonds. The molecule has 3 aromatic rings. The van der Waals surface area contributed by atoms with Gasteiger partial charge in [0, 0.05) is 49.4 Å². The number of para-hydroxylation sites is 1. The largest absolute Gasteiger partial charge is 0.496 e. The Hall–Kier alpha value is -3.66. The molecule has 1 atom stereocenters. The van der Waals surface area contributed by atoms with E-state index in [1.54, 1.807) is 34.7 Å². The Labute approximate surface area is 201 Å². The van der Waals surface area contributed by atoms with Crippen LogP contribution < -0.4 is 20.3 Å². The van der Waals surface area contributed by atoms with Gasteiger partial charge in [0.25, 0.3) is 17.4 Å².